The summed E-state index contributed by atoms with van der Waals surface area (Å²) in [4.78, 5) is 8.82. The van der Waals surface area contributed by atoms with Crippen LogP contribution in [0.2, 0.25) is 0 Å². The number of hydrogen-bond acceptors (Lipinski definition) is 4. The lowest BCUT2D eigenvalue weighted by Gasteiger charge is -2.14. The second-order valence-corrected chi connectivity index (χ2v) is 5.48. The highest BCUT2D eigenvalue weighted by atomic mass is 15.0. The van der Waals surface area contributed by atoms with Gasteiger partial charge in [0.15, 0.2) is 0 Å². The molecule has 0 saturated carbocycles. The summed E-state index contributed by atoms with van der Waals surface area (Å²) in [6, 6.07) is 0. The standard InChI is InChI=1S/C15H28N4/c1-5-13(6-2)8-18-15-11-17-10-14(19-15)9-16-7-12(3)4/h10-13,16H,5-9H2,1-4H3,(H,18,19). The molecule has 108 valence electrons. The average Bonchev–Trinajstić information content (AvgIpc) is 2.40. The fraction of sp³-hybridized carbons (Fsp3) is 0.733. The van der Waals surface area contributed by atoms with Gasteiger partial charge in [0, 0.05) is 19.3 Å². The van der Waals surface area contributed by atoms with E-state index in [1.54, 1.807) is 6.20 Å². The first-order valence-corrected chi connectivity index (χ1v) is 7.41. The first kappa shape index (κ1) is 15.9. The van der Waals surface area contributed by atoms with Crippen LogP contribution in [0.5, 0.6) is 0 Å². The molecule has 0 aliphatic rings. The Hall–Kier alpha value is -1.16. The Kier molecular flexibility index (Phi) is 7.41. The molecule has 0 aromatic carbocycles. The molecule has 0 saturated heterocycles. The average molecular weight is 264 g/mol. The highest BCUT2D eigenvalue weighted by Gasteiger charge is 2.04. The van der Waals surface area contributed by atoms with Gasteiger partial charge in [-0.2, -0.15) is 0 Å². The first-order chi connectivity index (χ1) is 9.15. The molecule has 0 amide bonds. The molecule has 0 radical (unpaired) electrons. The molecule has 1 aromatic rings. The van der Waals surface area contributed by atoms with E-state index in [0.29, 0.717) is 11.8 Å². The first-order valence-electron chi connectivity index (χ1n) is 7.41. The Bertz CT molecular complexity index is 348. The van der Waals surface area contributed by atoms with Crippen molar-refractivity contribution >= 4 is 5.82 Å². The molecule has 0 atom stereocenters. The SMILES string of the molecule is CCC(CC)CNc1cncc(CNCC(C)C)n1. The van der Waals surface area contributed by atoms with Crippen molar-refractivity contribution < 1.29 is 0 Å². The molecule has 0 aliphatic carbocycles. The van der Waals surface area contributed by atoms with E-state index in [1.165, 1.54) is 12.8 Å². The van der Waals surface area contributed by atoms with Crippen LogP contribution >= 0.6 is 0 Å². The molecule has 1 rings (SSSR count). The van der Waals surface area contributed by atoms with Crippen LogP contribution in [0.1, 0.15) is 46.2 Å². The lowest BCUT2D eigenvalue weighted by atomic mass is 10.0. The Morgan fingerprint density at radius 3 is 2.47 bits per heavy atom. The Morgan fingerprint density at radius 2 is 1.84 bits per heavy atom. The zero-order valence-corrected chi connectivity index (χ0v) is 12.7. The molecule has 0 aliphatic heterocycles. The van der Waals surface area contributed by atoms with Crippen LogP contribution in [0, 0.1) is 11.8 Å². The molecule has 1 heterocycles. The third-order valence-corrected chi connectivity index (χ3v) is 3.27. The summed E-state index contributed by atoms with van der Waals surface area (Å²) in [6.45, 7) is 11.6. The summed E-state index contributed by atoms with van der Waals surface area (Å²) in [5.41, 5.74) is 0.996. The number of anilines is 1. The van der Waals surface area contributed by atoms with Gasteiger partial charge in [0.2, 0.25) is 0 Å². The van der Waals surface area contributed by atoms with Crippen molar-refractivity contribution in [1.82, 2.24) is 15.3 Å². The van der Waals surface area contributed by atoms with E-state index in [0.717, 1.165) is 31.1 Å². The molecular formula is C15H28N4. The Labute approximate surface area is 117 Å². The van der Waals surface area contributed by atoms with E-state index in [2.05, 4.69) is 48.3 Å². The molecule has 0 bridgehead atoms. The highest BCUT2D eigenvalue weighted by Crippen LogP contribution is 2.09. The van der Waals surface area contributed by atoms with Crippen molar-refractivity contribution in [3.05, 3.63) is 18.1 Å². The van der Waals surface area contributed by atoms with Gasteiger partial charge in [-0.1, -0.05) is 40.5 Å². The minimum absolute atomic E-state index is 0.657. The zero-order chi connectivity index (χ0) is 14.1. The molecule has 0 fully saturated rings. The monoisotopic (exact) mass is 264 g/mol. The Morgan fingerprint density at radius 1 is 1.11 bits per heavy atom. The van der Waals surface area contributed by atoms with E-state index in [4.69, 9.17) is 0 Å². The normalized spacial score (nSPS) is 11.3. The number of nitrogens with one attached hydrogen (secondary N) is 2. The summed E-state index contributed by atoms with van der Waals surface area (Å²) < 4.78 is 0. The molecule has 2 N–H and O–H groups in total. The van der Waals surface area contributed by atoms with Gasteiger partial charge in [-0.05, 0) is 18.4 Å². The van der Waals surface area contributed by atoms with Gasteiger partial charge in [-0.15, -0.1) is 0 Å². The number of nitrogens with zero attached hydrogens (tertiary/aromatic N) is 2. The van der Waals surface area contributed by atoms with Gasteiger partial charge in [0.05, 0.1) is 11.9 Å². The summed E-state index contributed by atoms with van der Waals surface area (Å²) >= 11 is 0. The van der Waals surface area contributed by atoms with E-state index in [9.17, 15) is 0 Å². The fourth-order valence-corrected chi connectivity index (χ4v) is 1.89. The maximum atomic E-state index is 4.57. The van der Waals surface area contributed by atoms with Crippen LogP contribution in [-0.4, -0.2) is 23.1 Å². The van der Waals surface area contributed by atoms with Gasteiger partial charge in [0.1, 0.15) is 5.82 Å². The van der Waals surface area contributed by atoms with Crippen molar-refractivity contribution in [2.75, 3.05) is 18.4 Å². The van der Waals surface area contributed by atoms with E-state index in [1.807, 2.05) is 6.20 Å². The minimum atomic E-state index is 0.657. The van der Waals surface area contributed by atoms with Crippen molar-refractivity contribution in [1.29, 1.82) is 0 Å². The number of hydrogen-bond donors (Lipinski definition) is 2. The van der Waals surface area contributed by atoms with E-state index in [-0.39, 0.29) is 0 Å². The summed E-state index contributed by atoms with van der Waals surface area (Å²) in [5, 5.41) is 6.77. The quantitative estimate of drug-likeness (QED) is 0.719. The molecular weight excluding hydrogens is 236 g/mol. The lowest BCUT2D eigenvalue weighted by Crippen LogP contribution is -2.20. The van der Waals surface area contributed by atoms with Crippen LogP contribution in [0.3, 0.4) is 0 Å². The summed E-state index contributed by atoms with van der Waals surface area (Å²) in [5.74, 6) is 2.25. The molecule has 1 aromatic heterocycles. The van der Waals surface area contributed by atoms with Crippen LogP contribution in [0.15, 0.2) is 12.4 Å². The maximum absolute atomic E-state index is 4.57. The number of rotatable bonds is 9. The van der Waals surface area contributed by atoms with E-state index < -0.39 is 0 Å². The predicted octanol–water partition coefficient (Wildman–Crippen LogP) is 3.07. The minimum Gasteiger partial charge on any atom is -0.369 e. The van der Waals surface area contributed by atoms with Gasteiger partial charge in [0.25, 0.3) is 0 Å². The second kappa shape index (κ2) is 8.86. The molecule has 19 heavy (non-hydrogen) atoms. The van der Waals surface area contributed by atoms with Crippen molar-refractivity contribution in [2.45, 2.75) is 47.1 Å². The third kappa shape index (κ3) is 6.53. The van der Waals surface area contributed by atoms with Gasteiger partial charge in [-0.25, -0.2) is 4.98 Å². The summed E-state index contributed by atoms with van der Waals surface area (Å²) in [6.07, 6.45) is 6.03. The largest absolute Gasteiger partial charge is 0.369 e. The Balaban J connectivity index is 2.43. The van der Waals surface area contributed by atoms with Crippen LogP contribution in [0.25, 0.3) is 0 Å². The van der Waals surface area contributed by atoms with Crippen LogP contribution in [0.4, 0.5) is 5.82 Å². The summed E-state index contributed by atoms with van der Waals surface area (Å²) in [7, 11) is 0. The second-order valence-electron chi connectivity index (χ2n) is 5.48. The third-order valence-electron chi connectivity index (χ3n) is 3.27. The zero-order valence-electron chi connectivity index (χ0n) is 12.7. The van der Waals surface area contributed by atoms with Crippen molar-refractivity contribution in [3.63, 3.8) is 0 Å². The fourth-order valence-electron chi connectivity index (χ4n) is 1.89. The van der Waals surface area contributed by atoms with Crippen LogP contribution in [-0.2, 0) is 6.54 Å². The highest BCUT2D eigenvalue weighted by molar-refractivity contribution is 5.31. The smallest absolute Gasteiger partial charge is 0.144 e. The van der Waals surface area contributed by atoms with Gasteiger partial charge in [-0.3, -0.25) is 4.98 Å². The van der Waals surface area contributed by atoms with E-state index >= 15 is 0 Å². The van der Waals surface area contributed by atoms with Crippen LogP contribution < -0.4 is 10.6 Å². The molecule has 0 unspecified atom stereocenters. The topological polar surface area (TPSA) is 49.8 Å². The number of aromatic nitrogens is 2. The van der Waals surface area contributed by atoms with Crippen molar-refractivity contribution in [2.24, 2.45) is 11.8 Å². The van der Waals surface area contributed by atoms with Gasteiger partial charge < -0.3 is 10.6 Å². The van der Waals surface area contributed by atoms with Gasteiger partial charge >= 0.3 is 0 Å². The maximum Gasteiger partial charge on any atom is 0.144 e. The molecule has 4 nitrogen and oxygen atoms in total. The molecule has 4 heteroatoms. The molecule has 0 spiro atoms. The van der Waals surface area contributed by atoms with Crippen molar-refractivity contribution in [3.8, 4) is 0 Å². The predicted molar refractivity (Wildman–Crippen MR) is 81.1 cm³/mol. The lowest BCUT2D eigenvalue weighted by molar-refractivity contribution is 0.518.